The summed E-state index contributed by atoms with van der Waals surface area (Å²) in [4.78, 5) is 16.7. The van der Waals surface area contributed by atoms with Gasteiger partial charge in [0.2, 0.25) is 0 Å². The Labute approximate surface area is 140 Å². The molecule has 1 aliphatic carbocycles. The van der Waals surface area contributed by atoms with Crippen molar-refractivity contribution in [1.29, 1.82) is 0 Å². The molecule has 1 aromatic heterocycles. The van der Waals surface area contributed by atoms with E-state index in [4.69, 9.17) is 4.74 Å². The first kappa shape index (κ1) is 16.8. The quantitative estimate of drug-likeness (QED) is 0.800. The first-order valence-corrected chi connectivity index (χ1v) is 8.29. The van der Waals surface area contributed by atoms with Gasteiger partial charge in [-0.15, -0.1) is 11.3 Å². The Morgan fingerprint density at radius 2 is 2.00 bits per heavy atom. The monoisotopic (exact) mass is 356 g/mol. The van der Waals surface area contributed by atoms with E-state index >= 15 is 0 Å². The number of hydrogen-bond donors (Lipinski definition) is 1. The van der Waals surface area contributed by atoms with Gasteiger partial charge in [-0.2, -0.15) is 13.2 Å². The molecular weight excluding hydrogens is 341 g/mol. The SMILES string of the molecule is O=C(NCCOc1ccc(C(F)(F)F)cc1)c1cnc(C2CC2)s1. The Hall–Kier alpha value is -2.09. The topological polar surface area (TPSA) is 51.2 Å². The fraction of sp³-hybridized carbons (Fsp3) is 0.375. The molecule has 1 aromatic carbocycles. The van der Waals surface area contributed by atoms with Crippen LogP contribution in [0.15, 0.2) is 30.5 Å². The maximum Gasteiger partial charge on any atom is 0.416 e. The number of nitrogens with zero attached hydrogens (tertiary/aromatic N) is 1. The van der Waals surface area contributed by atoms with Gasteiger partial charge in [0.1, 0.15) is 17.2 Å². The van der Waals surface area contributed by atoms with Crippen LogP contribution in [0.25, 0.3) is 0 Å². The standard InChI is InChI=1S/C16H15F3N2O2S/c17-16(18,19)11-3-5-12(6-4-11)23-8-7-20-14(22)13-9-21-15(24-13)10-1-2-10/h3-6,9-10H,1-2,7-8H2,(H,20,22). The number of hydrogen-bond acceptors (Lipinski definition) is 4. The van der Waals surface area contributed by atoms with Crippen molar-refractivity contribution in [3.63, 3.8) is 0 Å². The molecule has 0 aliphatic heterocycles. The highest BCUT2D eigenvalue weighted by Gasteiger charge is 2.30. The molecule has 1 amide bonds. The minimum absolute atomic E-state index is 0.172. The van der Waals surface area contributed by atoms with Gasteiger partial charge in [-0.05, 0) is 37.1 Å². The molecule has 24 heavy (non-hydrogen) atoms. The summed E-state index contributed by atoms with van der Waals surface area (Å²) in [7, 11) is 0. The van der Waals surface area contributed by atoms with Crippen LogP contribution < -0.4 is 10.1 Å². The molecule has 128 valence electrons. The lowest BCUT2D eigenvalue weighted by Gasteiger charge is -2.09. The minimum atomic E-state index is -4.36. The molecule has 2 aromatic rings. The van der Waals surface area contributed by atoms with Crippen molar-refractivity contribution in [3.8, 4) is 5.75 Å². The van der Waals surface area contributed by atoms with E-state index in [9.17, 15) is 18.0 Å². The number of carbonyl (C=O) groups excluding carboxylic acids is 1. The lowest BCUT2D eigenvalue weighted by Crippen LogP contribution is -2.27. The summed E-state index contributed by atoms with van der Waals surface area (Å²) in [6.07, 6.45) is -0.518. The second kappa shape index (κ2) is 6.80. The molecule has 1 saturated carbocycles. The van der Waals surface area contributed by atoms with Gasteiger partial charge in [0.05, 0.1) is 23.3 Å². The Bertz CT molecular complexity index is 709. The number of aromatic nitrogens is 1. The van der Waals surface area contributed by atoms with Gasteiger partial charge in [0.25, 0.3) is 5.91 Å². The number of carbonyl (C=O) groups is 1. The molecular formula is C16H15F3N2O2S. The summed E-state index contributed by atoms with van der Waals surface area (Å²) >= 11 is 1.40. The van der Waals surface area contributed by atoms with Crippen molar-refractivity contribution in [1.82, 2.24) is 10.3 Å². The van der Waals surface area contributed by atoms with E-state index in [1.54, 1.807) is 6.20 Å². The van der Waals surface area contributed by atoms with Gasteiger partial charge < -0.3 is 10.1 Å². The van der Waals surface area contributed by atoms with E-state index in [2.05, 4.69) is 10.3 Å². The van der Waals surface area contributed by atoms with Gasteiger partial charge in [0, 0.05) is 5.92 Å². The Kier molecular flexibility index (Phi) is 4.75. The summed E-state index contributed by atoms with van der Waals surface area (Å²) in [5.74, 6) is 0.626. The van der Waals surface area contributed by atoms with Crippen LogP contribution in [0, 0.1) is 0 Å². The number of benzene rings is 1. The van der Waals surface area contributed by atoms with Crippen molar-refractivity contribution in [2.75, 3.05) is 13.2 Å². The predicted octanol–water partition coefficient (Wildman–Crippen LogP) is 3.85. The molecule has 0 saturated heterocycles. The maximum absolute atomic E-state index is 12.4. The van der Waals surface area contributed by atoms with Crippen molar-refractivity contribution in [3.05, 3.63) is 45.9 Å². The van der Waals surface area contributed by atoms with Crippen LogP contribution in [0.4, 0.5) is 13.2 Å². The third-order valence-corrected chi connectivity index (χ3v) is 4.67. The van der Waals surface area contributed by atoms with Gasteiger partial charge in [-0.3, -0.25) is 4.79 Å². The fourth-order valence-electron chi connectivity index (χ4n) is 2.07. The maximum atomic E-state index is 12.4. The van der Waals surface area contributed by atoms with E-state index < -0.39 is 11.7 Å². The number of rotatable bonds is 6. The first-order chi connectivity index (χ1) is 11.4. The number of alkyl halides is 3. The third-order valence-electron chi connectivity index (χ3n) is 3.51. The van der Waals surface area contributed by atoms with E-state index in [1.165, 1.54) is 23.5 Å². The second-order valence-electron chi connectivity index (χ2n) is 5.46. The van der Waals surface area contributed by atoms with Crippen LogP contribution in [0.1, 0.15) is 39.0 Å². The summed E-state index contributed by atoms with van der Waals surface area (Å²) in [6, 6.07) is 4.45. The molecule has 0 radical (unpaired) electrons. The van der Waals surface area contributed by atoms with Crippen LogP contribution in [0.2, 0.25) is 0 Å². The van der Waals surface area contributed by atoms with Crippen LogP contribution in [0.3, 0.4) is 0 Å². The van der Waals surface area contributed by atoms with Crippen LogP contribution in [-0.2, 0) is 6.18 Å². The number of halogens is 3. The summed E-state index contributed by atoms with van der Waals surface area (Å²) < 4.78 is 42.6. The van der Waals surface area contributed by atoms with Crippen LogP contribution in [0.5, 0.6) is 5.75 Å². The summed E-state index contributed by atoms with van der Waals surface area (Å²) in [6.45, 7) is 0.432. The first-order valence-electron chi connectivity index (χ1n) is 7.47. The zero-order valence-corrected chi connectivity index (χ0v) is 13.4. The summed E-state index contributed by atoms with van der Waals surface area (Å²) in [5, 5.41) is 3.71. The number of nitrogens with one attached hydrogen (secondary N) is 1. The highest BCUT2D eigenvalue weighted by Crippen LogP contribution is 2.41. The minimum Gasteiger partial charge on any atom is -0.492 e. The molecule has 0 spiro atoms. The van der Waals surface area contributed by atoms with Crippen molar-refractivity contribution < 1.29 is 22.7 Å². The number of ether oxygens (including phenoxy) is 1. The molecule has 0 unspecified atom stereocenters. The molecule has 3 rings (SSSR count). The smallest absolute Gasteiger partial charge is 0.416 e. The molecule has 0 bridgehead atoms. The Balaban J connectivity index is 1.42. The molecule has 1 heterocycles. The Morgan fingerprint density at radius 1 is 1.29 bits per heavy atom. The molecule has 1 aliphatic rings. The van der Waals surface area contributed by atoms with Crippen molar-refractivity contribution in [2.24, 2.45) is 0 Å². The number of thiazole rings is 1. The second-order valence-corrected chi connectivity index (χ2v) is 6.53. The van der Waals surface area contributed by atoms with Crippen molar-refractivity contribution in [2.45, 2.75) is 24.9 Å². The van der Waals surface area contributed by atoms with Gasteiger partial charge >= 0.3 is 6.18 Å². The molecule has 8 heteroatoms. The lowest BCUT2D eigenvalue weighted by molar-refractivity contribution is -0.137. The van der Waals surface area contributed by atoms with Crippen molar-refractivity contribution >= 4 is 17.2 Å². The molecule has 0 atom stereocenters. The Morgan fingerprint density at radius 3 is 2.62 bits per heavy atom. The molecule has 4 nitrogen and oxygen atoms in total. The molecule has 1 fully saturated rings. The molecule has 1 N–H and O–H groups in total. The van der Waals surface area contributed by atoms with Gasteiger partial charge in [0.15, 0.2) is 0 Å². The lowest BCUT2D eigenvalue weighted by atomic mass is 10.2. The van der Waals surface area contributed by atoms with E-state index in [-0.39, 0.29) is 19.1 Å². The predicted molar refractivity (Wildman–Crippen MR) is 83.4 cm³/mol. The van der Waals surface area contributed by atoms with Crippen LogP contribution >= 0.6 is 11.3 Å². The third kappa shape index (κ3) is 4.25. The van der Waals surface area contributed by atoms with E-state index in [0.717, 1.165) is 30.0 Å². The van der Waals surface area contributed by atoms with E-state index in [1.807, 2.05) is 0 Å². The van der Waals surface area contributed by atoms with Gasteiger partial charge in [-0.25, -0.2) is 4.98 Å². The summed E-state index contributed by atoms with van der Waals surface area (Å²) in [5.41, 5.74) is -0.722. The zero-order chi connectivity index (χ0) is 17.2. The fourth-order valence-corrected chi connectivity index (χ4v) is 3.08. The van der Waals surface area contributed by atoms with Gasteiger partial charge in [-0.1, -0.05) is 0 Å². The zero-order valence-electron chi connectivity index (χ0n) is 12.6. The van der Waals surface area contributed by atoms with E-state index in [0.29, 0.717) is 16.5 Å². The largest absolute Gasteiger partial charge is 0.492 e. The average molecular weight is 356 g/mol. The van der Waals surface area contributed by atoms with Crippen LogP contribution in [-0.4, -0.2) is 24.0 Å². The average Bonchev–Trinajstić information content (AvgIpc) is 3.28. The highest BCUT2D eigenvalue weighted by atomic mass is 32.1. The number of amides is 1. The normalized spacial score (nSPS) is 14.5. The highest BCUT2D eigenvalue weighted by molar-refractivity contribution is 7.13.